The van der Waals surface area contributed by atoms with Gasteiger partial charge in [-0.1, -0.05) is 30.3 Å². The van der Waals surface area contributed by atoms with E-state index >= 15 is 0 Å². The molecule has 0 bridgehead atoms. The predicted octanol–water partition coefficient (Wildman–Crippen LogP) is 3.39. The van der Waals surface area contributed by atoms with Crippen molar-refractivity contribution in [2.24, 2.45) is 0 Å². The van der Waals surface area contributed by atoms with Crippen molar-refractivity contribution in [2.75, 3.05) is 21.1 Å². The summed E-state index contributed by atoms with van der Waals surface area (Å²) in [5, 5.41) is 8.03. The van der Waals surface area contributed by atoms with Gasteiger partial charge in [-0.25, -0.2) is 4.98 Å². The second-order valence-corrected chi connectivity index (χ2v) is 9.35. The lowest BCUT2D eigenvalue weighted by Gasteiger charge is -2.31. The molecule has 0 N–H and O–H groups in total. The third-order valence-corrected chi connectivity index (χ3v) is 6.63. The van der Waals surface area contributed by atoms with Gasteiger partial charge in [-0.05, 0) is 38.8 Å². The van der Waals surface area contributed by atoms with Crippen molar-refractivity contribution in [3.05, 3.63) is 68.9 Å². The number of thiazole rings is 1. The first-order valence-electron chi connectivity index (χ1n) is 10.4. The van der Waals surface area contributed by atoms with Crippen molar-refractivity contribution < 1.29 is 4.79 Å². The van der Waals surface area contributed by atoms with Crippen LogP contribution in [0.5, 0.6) is 0 Å². The molecule has 0 spiro atoms. The molecule has 6 nitrogen and oxygen atoms in total. The fourth-order valence-corrected chi connectivity index (χ4v) is 4.79. The Morgan fingerprint density at radius 1 is 1.23 bits per heavy atom. The van der Waals surface area contributed by atoms with Crippen LogP contribution in [0.15, 0.2) is 35.7 Å². The van der Waals surface area contributed by atoms with Crippen LogP contribution in [-0.2, 0) is 25.9 Å². The van der Waals surface area contributed by atoms with Crippen molar-refractivity contribution in [1.29, 1.82) is 0 Å². The maximum Gasteiger partial charge on any atom is 0.274 e. The SMILES string of the molecule is Cc1nc(CN(C)[C@H]2CCc3c(c(C(=O)N(C)C)nn3Cc3ccccc3)C2)cs1. The maximum absolute atomic E-state index is 12.9. The topological polar surface area (TPSA) is 54.3 Å². The Balaban J connectivity index is 1.60. The average molecular weight is 424 g/mol. The molecule has 7 heteroatoms. The normalized spacial score (nSPS) is 16.0. The lowest BCUT2D eigenvalue weighted by Crippen LogP contribution is -2.37. The summed E-state index contributed by atoms with van der Waals surface area (Å²) < 4.78 is 2.04. The zero-order valence-corrected chi connectivity index (χ0v) is 18.9. The van der Waals surface area contributed by atoms with Crippen molar-refractivity contribution in [3.63, 3.8) is 0 Å². The van der Waals surface area contributed by atoms with Gasteiger partial charge in [0.15, 0.2) is 5.69 Å². The van der Waals surface area contributed by atoms with E-state index < -0.39 is 0 Å². The lowest BCUT2D eigenvalue weighted by atomic mass is 9.90. The van der Waals surface area contributed by atoms with E-state index in [-0.39, 0.29) is 5.91 Å². The molecule has 1 atom stereocenters. The fourth-order valence-electron chi connectivity index (χ4n) is 4.18. The Morgan fingerprint density at radius 3 is 2.67 bits per heavy atom. The van der Waals surface area contributed by atoms with Crippen molar-refractivity contribution in [3.8, 4) is 0 Å². The Morgan fingerprint density at radius 2 is 2.00 bits per heavy atom. The molecule has 0 saturated heterocycles. The van der Waals surface area contributed by atoms with Gasteiger partial charge in [0.1, 0.15) is 0 Å². The number of aromatic nitrogens is 3. The van der Waals surface area contributed by atoms with E-state index in [2.05, 4.69) is 34.4 Å². The van der Waals surface area contributed by atoms with Gasteiger partial charge in [0.25, 0.3) is 5.91 Å². The summed E-state index contributed by atoms with van der Waals surface area (Å²) >= 11 is 1.69. The summed E-state index contributed by atoms with van der Waals surface area (Å²) in [6, 6.07) is 10.7. The van der Waals surface area contributed by atoms with Crippen LogP contribution in [0.3, 0.4) is 0 Å². The summed E-state index contributed by atoms with van der Waals surface area (Å²) in [6.07, 6.45) is 2.84. The summed E-state index contributed by atoms with van der Waals surface area (Å²) in [5.74, 6) is -0.0171. The van der Waals surface area contributed by atoms with Crippen molar-refractivity contribution in [1.82, 2.24) is 24.6 Å². The minimum atomic E-state index is -0.0171. The highest BCUT2D eigenvalue weighted by atomic mass is 32.1. The maximum atomic E-state index is 12.9. The van der Waals surface area contributed by atoms with Crippen LogP contribution < -0.4 is 0 Å². The Labute approximate surface area is 182 Å². The second-order valence-electron chi connectivity index (χ2n) is 8.29. The standard InChI is InChI=1S/C23H29N5OS/c1-16-24-18(15-30-16)14-27(4)19-10-11-21-20(12-19)22(23(29)26(2)3)25-28(21)13-17-8-6-5-7-9-17/h5-9,15,19H,10-14H2,1-4H3/t19-/m0/s1. The molecule has 1 aliphatic carbocycles. The first-order chi connectivity index (χ1) is 14.4. The first kappa shape index (κ1) is 20.8. The number of carbonyl (C=O) groups is 1. The molecule has 4 rings (SSSR count). The number of hydrogen-bond acceptors (Lipinski definition) is 5. The number of likely N-dealkylation sites (N-methyl/N-ethyl adjacent to an activating group) is 1. The number of hydrogen-bond donors (Lipinski definition) is 0. The van der Waals surface area contributed by atoms with Crippen molar-refractivity contribution in [2.45, 2.75) is 45.3 Å². The van der Waals surface area contributed by atoms with E-state index in [4.69, 9.17) is 5.10 Å². The molecule has 1 aliphatic rings. The van der Waals surface area contributed by atoms with Gasteiger partial charge in [0.2, 0.25) is 0 Å². The molecule has 3 aromatic rings. The van der Waals surface area contributed by atoms with Crippen LogP contribution in [0.1, 0.15) is 44.4 Å². The molecule has 0 aliphatic heterocycles. The van der Waals surface area contributed by atoms with Crippen LogP contribution in [0.2, 0.25) is 0 Å². The molecule has 1 amide bonds. The molecule has 2 aromatic heterocycles. The molecule has 0 radical (unpaired) electrons. The van der Waals surface area contributed by atoms with E-state index in [1.54, 1.807) is 30.3 Å². The monoisotopic (exact) mass is 423 g/mol. The number of amides is 1. The van der Waals surface area contributed by atoms with Gasteiger partial charge in [0, 0.05) is 43.3 Å². The molecule has 30 heavy (non-hydrogen) atoms. The molecule has 158 valence electrons. The highest BCUT2D eigenvalue weighted by Crippen LogP contribution is 2.29. The average Bonchev–Trinajstić information content (AvgIpc) is 3.31. The van der Waals surface area contributed by atoms with Gasteiger partial charge in [-0.3, -0.25) is 14.4 Å². The molecular weight excluding hydrogens is 394 g/mol. The molecule has 0 unspecified atom stereocenters. The zero-order chi connectivity index (χ0) is 21.3. The number of fused-ring (bicyclic) bond motifs is 1. The third kappa shape index (κ3) is 4.32. The van der Waals surface area contributed by atoms with Crippen LogP contribution >= 0.6 is 11.3 Å². The van der Waals surface area contributed by atoms with Gasteiger partial charge in [-0.15, -0.1) is 11.3 Å². The van der Waals surface area contributed by atoms with E-state index in [0.717, 1.165) is 42.1 Å². The van der Waals surface area contributed by atoms with E-state index in [9.17, 15) is 4.79 Å². The Hall–Kier alpha value is -2.51. The molecule has 0 fully saturated rings. The summed E-state index contributed by atoms with van der Waals surface area (Å²) in [5.41, 5.74) is 5.24. The van der Waals surface area contributed by atoms with Crippen LogP contribution in [-0.4, -0.2) is 57.7 Å². The summed E-state index contributed by atoms with van der Waals surface area (Å²) in [4.78, 5) is 21.5. The molecule has 2 heterocycles. The first-order valence-corrected chi connectivity index (χ1v) is 11.3. The lowest BCUT2D eigenvalue weighted by molar-refractivity contribution is 0.0819. The fraction of sp³-hybridized carbons (Fsp3) is 0.435. The molecule has 0 saturated carbocycles. The van der Waals surface area contributed by atoms with Gasteiger partial charge in [0.05, 0.1) is 17.2 Å². The number of aryl methyl sites for hydroxylation is 1. The number of benzene rings is 1. The van der Waals surface area contributed by atoms with Gasteiger partial charge in [-0.2, -0.15) is 5.10 Å². The minimum absolute atomic E-state index is 0.0171. The van der Waals surface area contributed by atoms with Crippen molar-refractivity contribution >= 4 is 17.2 Å². The molecule has 1 aromatic carbocycles. The van der Waals surface area contributed by atoms with Crippen LogP contribution in [0, 0.1) is 6.92 Å². The summed E-state index contributed by atoms with van der Waals surface area (Å²) in [6.45, 7) is 3.57. The number of carbonyl (C=O) groups excluding carboxylic acids is 1. The van der Waals surface area contributed by atoms with E-state index in [0.29, 0.717) is 18.3 Å². The molecular formula is C23H29N5OS. The highest BCUT2D eigenvalue weighted by molar-refractivity contribution is 7.09. The van der Waals surface area contributed by atoms with Crippen LogP contribution in [0.25, 0.3) is 0 Å². The minimum Gasteiger partial charge on any atom is -0.343 e. The van der Waals surface area contributed by atoms with Gasteiger partial charge >= 0.3 is 0 Å². The third-order valence-electron chi connectivity index (χ3n) is 5.81. The predicted molar refractivity (Wildman–Crippen MR) is 120 cm³/mol. The van der Waals surface area contributed by atoms with E-state index in [1.165, 1.54) is 11.3 Å². The number of nitrogens with zero attached hydrogens (tertiary/aromatic N) is 5. The van der Waals surface area contributed by atoms with E-state index in [1.807, 2.05) is 29.8 Å². The Bertz CT molecular complexity index is 1020. The van der Waals surface area contributed by atoms with Crippen LogP contribution in [0.4, 0.5) is 0 Å². The second kappa shape index (κ2) is 8.70. The smallest absolute Gasteiger partial charge is 0.274 e. The van der Waals surface area contributed by atoms with Gasteiger partial charge < -0.3 is 4.90 Å². The highest BCUT2D eigenvalue weighted by Gasteiger charge is 2.31. The Kier molecular flexibility index (Phi) is 6.01. The zero-order valence-electron chi connectivity index (χ0n) is 18.1. The largest absolute Gasteiger partial charge is 0.343 e. The number of rotatable bonds is 6. The quantitative estimate of drug-likeness (QED) is 0.610. The summed E-state index contributed by atoms with van der Waals surface area (Å²) in [7, 11) is 5.75.